The Bertz CT molecular complexity index is 762. The highest BCUT2D eigenvalue weighted by Gasteiger charge is 2.34. The maximum Gasteiger partial charge on any atom is 0.256 e. The van der Waals surface area contributed by atoms with Crippen LogP contribution in [-0.2, 0) is 6.54 Å². The Morgan fingerprint density at radius 3 is 2.43 bits per heavy atom. The molecule has 0 radical (unpaired) electrons. The lowest BCUT2D eigenvalue weighted by Gasteiger charge is -2.23. The van der Waals surface area contributed by atoms with Crippen molar-refractivity contribution in [3.8, 4) is 0 Å². The van der Waals surface area contributed by atoms with E-state index < -0.39 is 11.7 Å². The summed E-state index contributed by atoms with van der Waals surface area (Å²) in [4.78, 5) is 14.3. The Morgan fingerprint density at radius 1 is 1.09 bits per heavy atom. The molecule has 1 aliphatic rings. The van der Waals surface area contributed by atoms with Crippen LogP contribution >= 0.6 is 23.2 Å². The SMILES string of the molecule is O=C(c1cc(F)c(Cl)cc1Cl)N(Cc1ccccc1F)C1CC1. The van der Waals surface area contributed by atoms with Crippen LogP contribution in [0.25, 0.3) is 0 Å². The van der Waals surface area contributed by atoms with Gasteiger partial charge in [-0.1, -0.05) is 41.4 Å². The van der Waals surface area contributed by atoms with Crippen molar-refractivity contribution in [2.24, 2.45) is 0 Å². The summed E-state index contributed by atoms with van der Waals surface area (Å²) in [6.07, 6.45) is 1.68. The summed E-state index contributed by atoms with van der Waals surface area (Å²) in [6.45, 7) is 0.122. The van der Waals surface area contributed by atoms with E-state index in [4.69, 9.17) is 23.2 Å². The molecule has 2 nitrogen and oxygen atoms in total. The van der Waals surface area contributed by atoms with Crippen molar-refractivity contribution in [2.75, 3.05) is 0 Å². The van der Waals surface area contributed by atoms with E-state index in [2.05, 4.69) is 0 Å². The van der Waals surface area contributed by atoms with Crippen LogP contribution in [0, 0.1) is 11.6 Å². The van der Waals surface area contributed by atoms with Crippen LogP contribution in [0.2, 0.25) is 10.0 Å². The van der Waals surface area contributed by atoms with Gasteiger partial charge in [-0.05, 0) is 31.0 Å². The summed E-state index contributed by atoms with van der Waals surface area (Å²) >= 11 is 11.7. The van der Waals surface area contributed by atoms with Gasteiger partial charge in [-0.25, -0.2) is 8.78 Å². The molecule has 0 saturated heterocycles. The van der Waals surface area contributed by atoms with Crippen LogP contribution in [0.5, 0.6) is 0 Å². The van der Waals surface area contributed by atoms with E-state index in [9.17, 15) is 13.6 Å². The van der Waals surface area contributed by atoms with Crippen molar-refractivity contribution in [3.63, 3.8) is 0 Å². The van der Waals surface area contributed by atoms with Crippen molar-refractivity contribution in [2.45, 2.75) is 25.4 Å². The van der Waals surface area contributed by atoms with Crippen LogP contribution in [-0.4, -0.2) is 16.8 Å². The average molecular weight is 356 g/mol. The van der Waals surface area contributed by atoms with E-state index in [1.54, 1.807) is 18.2 Å². The number of rotatable bonds is 4. The molecule has 2 aromatic carbocycles. The summed E-state index contributed by atoms with van der Waals surface area (Å²) in [7, 11) is 0. The van der Waals surface area contributed by atoms with Gasteiger partial charge < -0.3 is 4.90 Å². The fraction of sp³-hybridized carbons (Fsp3) is 0.235. The third-order valence-electron chi connectivity index (χ3n) is 3.79. The normalized spacial score (nSPS) is 13.9. The van der Waals surface area contributed by atoms with E-state index in [1.807, 2.05) is 0 Å². The van der Waals surface area contributed by atoms with Crippen LogP contribution in [0.1, 0.15) is 28.8 Å². The van der Waals surface area contributed by atoms with E-state index >= 15 is 0 Å². The molecule has 0 unspecified atom stereocenters. The summed E-state index contributed by atoms with van der Waals surface area (Å²) in [5.41, 5.74) is 0.454. The molecular formula is C17H13Cl2F2NO. The molecular weight excluding hydrogens is 343 g/mol. The molecule has 6 heteroatoms. The Labute approximate surface area is 142 Å². The Kier molecular flexibility index (Phi) is 4.55. The zero-order valence-electron chi connectivity index (χ0n) is 12.0. The smallest absolute Gasteiger partial charge is 0.256 e. The van der Waals surface area contributed by atoms with E-state index in [1.165, 1.54) is 17.0 Å². The first-order chi connectivity index (χ1) is 11.0. The number of carbonyl (C=O) groups excluding carboxylic acids is 1. The number of carbonyl (C=O) groups is 1. The summed E-state index contributed by atoms with van der Waals surface area (Å²) < 4.78 is 27.5. The topological polar surface area (TPSA) is 20.3 Å². The van der Waals surface area contributed by atoms with Gasteiger partial charge >= 0.3 is 0 Å². The lowest BCUT2D eigenvalue weighted by Crippen LogP contribution is -2.33. The molecule has 2 aromatic rings. The van der Waals surface area contributed by atoms with Crippen molar-refractivity contribution in [3.05, 3.63) is 69.2 Å². The van der Waals surface area contributed by atoms with Gasteiger partial charge in [-0.2, -0.15) is 0 Å². The molecule has 0 N–H and O–H groups in total. The number of amides is 1. The summed E-state index contributed by atoms with van der Waals surface area (Å²) in [5, 5.41) is -0.0563. The minimum Gasteiger partial charge on any atom is -0.331 e. The summed E-state index contributed by atoms with van der Waals surface area (Å²) in [5.74, 6) is -1.50. The van der Waals surface area contributed by atoms with Gasteiger partial charge in [0.1, 0.15) is 11.6 Å². The molecule has 120 valence electrons. The van der Waals surface area contributed by atoms with Crippen molar-refractivity contribution in [1.29, 1.82) is 0 Å². The predicted molar refractivity (Wildman–Crippen MR) is 85.7 cm³/mol. The van der Waals surface area contributed by atoms with Gasteiger partial charge in [-0.3, -0.25) is 4.79 Å². The number of hydrogen-bond donors (Lipinski definition) is 0. The zero-order valence-corrected chi connectivity index (χ0v) is 13.5. The molecule has 0 aromatic heterocycles. The molecule has 3 rings (SSSR count). The first kappa shape index (κ1) is 16.2. The Hall–Kier alpha value is -1.65. The Balaban J connectivity index is 1.91. The lowest BCUT2D eigenvalue weighted by molar-refractivity contribution is 0.0728. The molecule has 1 aliphatic carbocycles. The molecule has 0 heterocycles. The van der Waals surface area contributed by atoms with Crippen molar-refractivity contribution >= 4 is 29.1 Å². The van der Waals surface area contributed by atoms with Crippen LogP contribution in [0.4, 0.5) is 8.78 Å². The van der Waals surface area contributed by atoms with Gasteiger partial charge in [0.2, 0.25) is 0 Å². The third-order valence-corrected chi connectivity index (χ3v) is 4.39. The minimum atomic E-state index is -0.707. The molecule has 23 heavy (non-hydrogen) atoms. The molecule has 1 amide bonds. The van der Waals surface area contributed by atoms with Crippen LogP contribution in [0.15, 0.2) is 36.4 Å². The maximum absolute atomic E-state index is 13.9. The number of halogens is 4. The number of benzene rings is 2. The average Bonchev–Trinajstić information content (AvgIpc) is 3.34. The van der Waals surface area contributed by atoms with Crippen molar-refractivity contribution < 1.29 is 13.6 Å². The minimum absolute atomic E-state index is 0.0249. The van der Waals surface area contributed by atoms with Gasteiger partial charge in [0, 0.05) is 18.2 Å². The van der Waals surface area contributed by atoms with E-state index in [0.717, 1.165) is 18.9 Å². The molecule has 1 saturated carbocycles. The standard InChI is InChI=1S/C17H13Cl2F2NO/c18-13-8-14(19)16(21)7-12(13)17(23)22(11-5-6-11)9-10-3-1-2-4-15(10)20/h1-4,7-8,11H,5-6,9H2. The second kappa shape index (κ2) is 6.46. The maximum atomic E-state index is 13.9. The highest BCUT2D eigenvalue weighted by Crippen LogP contribution is 2.32. The lowest BCUT2D eigenvalue weighted by atomic mass is 10.1. The molecule has 0 bridgehead atoms. The largest absolute Gasteiger partial charge is 0.331 e. The van der Waals surface area contributed by atoms with E-state index in [-0.39, 0.29) is 34.0 Å². The Morgan fingerprint density at radius 2 is 1.78 bits per heavy atom. The first-order valence-electron chi connectivity index (χ1n) is 7.16. The third kappa shape index (κ3) is 3.48. The summed E-state index contributed by atoms with van der Waals surface area (Å²) in [6, 6.07) is 8.54. The highest BCUT2D eigenvalue weighted by atomic mass is 35.5. The second-order valence-corrected chi connectivity index (χ2v) is 6.32. The molecule has 1 fully saturated rings. The van der Waals surface area contributed by atoms with Crippen molar-refractivity contribution in [1.82, 2.24) is 4.90 Å². The molecule has 0 aliphatic heterocycles. The van der Waals surface area contributed by atoms with Gasteiger partial charge in [0.15, 0.2) is 0 Å². The van der Waals surface area contributed by atoms with Gasteiger partial charge in [0.25, 0.3) is 5.91 Å². The quantitative estimate of drug-likeness (QED) is 0.700. The van der Waals surface area contributed by atoms with E-state index in [0.29, 0.717) is 5.56 Å². The zero-order chi connectivity index (χ0) is 16.6. The first-order valence-corrected chi connectivity index (χ1v) is 7.92. The number of hydrogen-bond acceptors (Lipinski definition) is 1. The monoisotopic (exact) mass is 355 g/mol. The molecule has 0 atom stereocenters. The van der Waals surface area contributed by atoms with Gasteiger partial charge in [-0.15, -0.1) is 0 Å². The highest BCUT2D eigenvalue weighted by molar-refractivity contribution is 6.36. The van der Waals surface area contributed by atoms with Crippen LogP contribution < -0.4 is 0 Å². The molecule has 0 spiro atoms. The fourth-order valence-corrected chi connectivity index (χ4v) is 2.87. The van der Waals surface area contributed by atoms with Crippen LogP contribution in [0.3, 0.4) is 0 Å². The number of nitrogens with zero attached hydrogens (tertiary/aromatic N) is 1. The van der Waals surface area contributed by atoms with Gasteiger partial charge in [0.05, 0.1) is 15.6 Å². The fourth-order valence-electron chi connectivity index (χ4n) is 2.40. The predicted octanol–water partition coefficient (Wildman–Crippen LogP) is 5.08. The second-order valence-electron chi connectivity index (χ2n) is 5.50.